The van der Waals surface area contributed by atoms with Crippen LogP contribution in [0, 0.1) is 5.82 Å². The van der Waals surface area contributed by atoms with Crippen molar-refractivity contribution in [1.82, 2.24) is 5.32 Å². The Balaban J connectivity index is 1.68. The third-order valence-electron chi connectivity index (χ3n) is 5.20. The molecule has 0 radical (unpaired) electrons. The largest absolute Gasteiger partial charge is 0.493 e. The molecule has 0 amide bonds. The molecule has 0 aliphatic heterocycles. The molecule has 0 heterocycles. The first-order valence-corrected chi connectivity index (χ1v) is 10.5. The lowest BCUT2D eigenvalue weighted by molar-refractivity contribution is 0.279. The van der Waals surface area contributed by atoms with E-state index < -0.39 is 5.82 Å². The van der Waals surface area contributed by atoms with Crippen LogP contribution in [0.3, 0.4) is 0 Å². The lowest BCUT2D eigenvalue weighted by Crippen LogP contribution is -2.28. The molecule has 0 atom stereocenters. The van der Waals surface area contributed by atoms with E-state index in [1.54, 1.807) is 25.3 Å². The maximum Gasteiger partial charge on any atom is 0.163 e. The average Bonchev–Trinajstić information content (AvgIpc) is 2.95. The number of nitrogens with one attached hydrogen (secondary N) is 1. The fourth-order valence-electron chi connectivity index (χ4n) is 3.54. The van der Waals surface area contributed by atoms with E-state index in [4.69, 9.17) is 32.7 Å². The summed E-state index contributed by atoms with van der Waals surface area (Å²) < 4.78 is 25.2. The Morgan fingerprint density at radius 2 is 1.79 bits per heavy atom. The molecule has 3 rings (SSSR count). The van der Waals surface area contributed by atoms with Gasteiger partial charge in [-0.05, 0) is 36.6 Å². The van der Waals surface area contributed by atoms with Crippen LogP contribution < -0.4 is 14.8 Å². The first-order chi connectivity index (χ1) is 13.6. The highest BCUT2D eigenvalue weighted by atomic mass is 35.5. The molecule has 0 aromatic heterocycles. The Morgan fingerprint density at radius 1 is 1.04 bits per heavy atom. The average molecular weight is 426 g/mol. The Hall–Kier alpha value is -1.49. The van der Waals surface area contributed by atoms with E-state index >= 15 is 0 Å². The third-order valence-corrected chi connectivity index (χ3v) is 5.91. The lowest BCUT2D eigenvalue weighted by atomic mass is 10.1. The van der Waals surface area contributed by atoms with Crippen molar-refractivity contribution in [2.45, 2.75) is 57.7 Å². The SMILES string of the molecule is COc1cc(CNC2CCCCCC2)c(Cl)cc1OCc1c(F)cccc1Cl. The van der Waals surface area contributed by atoms with Gasteiger partial charge in [-0.25, -0.2) is 4.39 Å². The van der Waals surface area contributed by atoms with E-state index in [2.05, 4.69) is 5.32 Å². The van der Waals surface area contributed by atoms with Gasteiger partial charge in [-0.15, -0.1) is 0 Å². The topological polar surface area (TPSA) is 30.5 Å². The maximum atomic E-state index is 14.0. The molecule has 0 bridgehead atoms. The minimum absolute atomic E-state index is 0.00212. The Kier molecular flexibility index (Phi) is 7.83. The van der Waals surface area contributed by atoms with E-state index in [0.717, 1.165) is 5.56 Å². The summed E-state index contributed by atoms with van der Waals surface area (Å²) in [6.07, 6.45) is 7.62. The van der Waals surface area contributed by atoms with Gasteiger partial charge in [0.1, 0.15) is 12.4 Å². The van der Waals surface area contributed by atoms with E-state index in [1.807, 2.05) is 6.07 Å². The monoisotopic (exact) mass is 425 g/mol. The second kappa shape index (κ2) is 10.3. The standard InChI is InChI=1S/C22H26Cl2FNO2/c1-27-21-11-15(13-26-16-7-4-2-3-5-8-16)19(24)12-22(21)28-14-17-18(23)9-6-10-20(17)25/h6,9-12,16,26H,2-5,7-8,13-14H2,1H3. The highest BCUT2D eigenvalue weighted by molar-refractivity contribution is 6.31. The van der Waals surface area contributed by atoms with Crippen LogP contribution in [0.1, 0.15) is 49.7 Å². The van der Waals surface area contributed by atoms with Crippen molar-refractivity contribution in [3.63, 3.8) is 0 Å². The Labute approximate surface area is 176 Å². The summed E-state index contributed by atoms with van der Waals surface area (Å²) in [6, 6.07) is 8.69. The molecular weight excluding hydrogens is 400 g/mol. The first-order valence-electron chi connectivity index (χ1n) is 9.74. The van der Waals surface area contributed by atoms with Crippen LogP contribution in [0.2, 0.25) is 10.0 Å². The molecule has 1 aliphatic rings. The molecule has 28 heavy (non-hydrogen) atoms. The van der Waals surface area contributed by atoms with Crippen molar-refractivity contribution in [3.05, 3.63) is 57.3 Å². The van der Waals surface area contributed by atoms with Gasteiger partial charge < -0.3 is 14.8 Å². The summed E-state index contributed by atoms with van der Waals surface area (Å²) >= 11 is 12.5. The van der Waals surface area contributed by atoms with Crippen LogP contribution in [0.4, 0.5) is 4.39 Å². The molecule has 2 aromatic carbocycles. The predicted octanol–water partition coefficient (Wildman–Crippen LogP) is 6.53. The van der Waals surface area contributed by atoms with Crippen LogP contribution >= 0.6 is 23.2 Å². The second-order valence-electron chi connectivity index (χ2n) is 7.15. The number of benzene rings is 2. The van der Waals surface area contributed by atoms with Gasteiger partial charge in [0.2, 0.25) is 0 Å². The van der Waals surface area contributed by atoms with Crippen LogP contribution in [0.5, 0.6) is 11.5 Å². The van der Waals surface area contributed by atoms with Crippen LogP contribution in [0.15, 0.2) is 30.3 Å². The highest BCUT2D eigenvalue weighted by Gasteiger charge is 2.16. The van der Waals surface area contributed by atoms with E-state index in [1.165, 1.54) is 44.6 Å². The predicted molar refractivity (Wildman–Crippen MR) is 112 cm³/mol. The molecular formula is C22H26Cl2FNO2. The summed E-state index contributed by atoms with van der Waals surface area (Å²) in [5, 5.41) is 4.54. The van der Waals surface area contributed by atoms with Gasteiger partial charge >= 0.3 is 0 Å². The van der Waals surface area contributed by atoms with Gasteiger partial charge in [0.25, 0.3) is 0 Å². The van der Waals surface area contributed by atoms with Crippen LogP contribution in [-0.2, 0) is 13.2 Å². The second-order valence-corrected chi connectivity index (χ2v) is 7.97. The van der Waals surface area contributed by atoms with Crippen molar-refractivity contribution in [2.24, 2.45) is 0 Å². The summed E-state index contributed by atoms with van der Waals surface area (Å²) in [4.78, 5) is 0. The fraction of sp³-hybridized carbons (Fsp3) is 0.455. The summed E-state index contributed by atoms with van der Waals surface area (Å²) in [5.41, 5.74) is 1.26. The van der Waals surface area contributed by atoms with Crippen LogP contribution in [0.25, 0.3) is 0 Å². The van der Waals surface area contributed by atoms with Crippen molar-refractivity contribution < 1.29 is 13.9 Å². The van der Waals surface area contributed by atoms with E-state index in [-0.39, 0.29) is 6.61 Å². The summed E-state index contributed by atoms with van der Waals surface area (Å²) in [7, 11) is 1.58. The molecule has 0 saturated heterocycles. The molecule has 1 aliphatic carbocycles. The third kappa shape index (κ3) is 5.53. The lowest BCUT2D eigenvalue weighted by Gasteiger charge is -2.18. The normalized spacial score (nSPS) is 15.3. The van der Waals surface area contributed by atoms with E-state index in [9.17, 15) is 4.39 Å². The van der Waals surface area contributed by atoms with Gasteiger partial charge in [0.15, 0.2) is 11.5 Å². The van der Waals surface area contributed by atoms with Gasteiger partial charge in [-0.3, -0.25) is 0 Å². The molecule has 1 N–H and O–H groups in total. The zero-order valence-electron chi connectivity index (χ0n) is 16.1. The molecule has 6 heteroatoms. The summed E-state index contributed by atoms with van der Waals surface area (Å²) in [6.45, 7) is 0.678. The molecule has 152 valence electrons. The molecule has 3 nitrogen and oxygen atoms in total. The Morgan fingerprint density at radius 3 is 2.46 bits per heavy atom. The van der Waals surface area contributed by atoms with Crippen molar-refractivity contribution in [1.29, 1.82) is 0 Å². The first kappa shape index (κ1) is 21.2. The fourth-order valence-corrected chi connectivity index (χ4v) is 3.98. The Bertz CT molecular complexity index is 772. The summed E-state index contributed by atoms with van der Waals surface area (Å²) in [5.74, 6) is 0.626. The van der Waals surface area contributed by atoms with E-state index in [0.29, 0.717) is 39.7 Å². The highest BCUT2D eigenvalue weighted by Crippen LogP contribution is 2.35. The van der Waals surface area contributed by atoms with Crippen molar-refractivity contribution in [3.8, 4) is 11.5 Å². The van der Waals surface area contributed by atoms with Gasteiger partial charge in [-0.1, -0.05) is 55.0 Å². The molecule has 0 unspecified atom stereocenters. The minimum atomic E-state index is -0.401. The molecule has 1 saturated carbocycles. The van der Waals surface area contributed by atoms with Gasteiger partial charge in [0.05, 0.1) is 12.1 Å². The molecule has 2 aromatic rings. The number of rotatable bonds is 7. The number of halogens is 3. The number of methoxy groups -OCH3 is 1. The zero-order valence-corrected chi connectivity index (χ0v) is 17.6. The zero-order chi connectivity index (χ0) is 19.9. The number of hydrogen-bond acceptors (Lipinski definition) is 3. The maximum absolute atomic E-state index is 14.0. The minimum Gasteiger partial charge on any atom is -0.493 e. The van der Waals surface area contributed by atoms with Crippen LogP contribution in [-0.4, -0.2) is 13.2 Å². The van der Waals surface area contributed by atoms with Crippen molar-refractivity contribution in [2.75, 3.05) is 7.11 Å². The van der Waals surface area contributed by atoms with Gasteiger partial charge in [-0.2, -0.15) is 0 Å². The molecule has 1 fully saturated rings. The smallest absolute Gasteiger partial charge is 0.163 e. The number of hydrogen-bond donors (Lipinski definition) is 1. The van der Waals surface area contributed by atoms with Gasteiger partial charge in [0, 0.05) is 29.2 Å². The number of ether oxygens (including phenoxy) is 2. The quantitative estimate of drug-likeness (QED) is 0.511. The molecule has 0 spiro atoms. The van der Waals surface area contributed by atoms with Crippen molar-refractivity contribution >= 4 is 23.2 Å².